The first-order valence-corrected chi connectivity index (χ1v) is 6.61. The third kappa shape index (κ3) is 2.26. The quantitative estimate of drug-likeness (QED) is 0.711. The maximum Gasteiger partial charge on any atom is 0.337 e. The molecule has 2 aromatic carbocycles. The van der Waals surface area contributed by atoms with Crippen LogP contribution in [0, 0.1) is 0 Å². The van der Waals surface area contributed by atoms with Gasteiger partial charge < -0.3 is 10.1 Å². The van der Waals surface area contributed by atoms with Crippen molar-refractivity contribution in [3.8, 4) is 11.1 Å². The van der Waals surface area contributed by atoms with E-state index in [1.165, 1.54) is 6.20 Å². The smallest absolute Gasteiger partial charge is 0.337 e. The summed E-state index contributed by atoms with van der Waals surface area (Å²) in [6.45, 7) is 0. The Balaban J connectivity index is 2.21. The van der Waals surface area contributed by atoms with Gasteiger partial charge in [0.25, 0.3) is 0 Å². The van der Waals surface area contributed by atoms with Crippen molar-refractivity contribution in [3.05, 3.63) is 58.2 Å². The van der Waals surface area contributed by atoms with Crippen LogP contribution in [0.3, 0.4) is 0 Å². The number of hydrogen-bond donors (Lipinski definition) is 2. The number of carboxylic acid groups (broad SMARTS) is 1. The van der Waals surface area contributed by atoms with Crippen molar-refractivity contribution in [2.75, 3.05) is 0 Å². The molecule has 0 aliphatic heterocycles. The van der Waals surface area contributed by atoms with Crippen molar-refractivity contribution in [2.45, 2.75) is 0 Å². The molecule has 0 saturated heterocycles. The predicted molar refractivity (Wildman–Crippen MR) is 80.7 cm³/mol. The van der Waals surface area contributed by atoms with E-state index in [4.69, 9.17) is 28.3 Å². The number of aromatic carboxylic acids is 1. The first-order chi connectivity index (χ1) is 9.54. The molecule has 0 bridgehead atoms. The summed E-state index contributed by atoms with van der Waals surface area (Å²) in [5, 5.41) is 10.9. The molecule has 5 heteroatoms. The molecule has 0 radical (unpaired) electrons. The van der Waals surface area contributed by atoms with Gasteiger partial charge in [-0.25, -0.2) is 4.79 Å². The lowest BCUT2D eigenvalue weighted by Gasteiger charge is -2.04. The number of halogens is 2. The van der Waals surface area contributed by atoms with Gasteiger partial charge in [-0.3, -0.25) is 0 Å². The SMILES string of the molecule is O=C(O)c1c[nH]c2ccc(-c3cc(Cl)cc(Cl)c3)cc12. The Labute approximate surface area is 124 Å². The number of fused-ring (bicyclic) bond motifs is 1. The van der Waals surface area contributed by atoms with Gasteiger partial charge in [0, 0.05) is 27.1 Å². The second-order valence-electron chi connectivity index (χ2n) is 4.43. The molecule has 0 spiro atoms. The Morgan fingerprint density at radius 1 is 1.00 bits per heavy atom. The summed E-state index contributed by atoms with van der Waals surface area (Å²) in [4.78, 5) is 14.1. The van der Waals surface area contributed by atoms with Gasteiger partial charge in [-0.1, -0.05) is 29.3 Å². The van der Waals surface area contributed by atoms with E-state index in [2.05, 4.69) is 4.98 Å². The largest absolute Gasteiger partial charge is 0.478 e. The Morgan fingerprint density at radius 3 is 2.35 bits per heavy atom. The molecule has 3 aromatic rings. The summed E-state index contributed by atoms with van der Waals surface area (Å²) in [5.41, 5.74) is 2.74. The molecule has 0 saturated carbocycles. The molecule has 20 heavy (non-hydrogen) atoms. The van der Waals surface area contributed by atoms with Gasteiger partial charge in [-0.2, -0.15) is 0 Å². The van der Waals surface area contributed by atoms with Crippen molar-refractivity contribution >= 4 is 40.1 Å². The fourth-order valence-corrected chi connectivity index (χ4v) is 2.72. The van der Waals surface area contributed by atoms with Crippen molar-refractivity contribution in [2.24, 2.45) is 0 Å². The van der Waals surface area contributed by atoms with E-state index < -0.39 is 5.97 Å². The number of hydrogen-bond acceptors (Lipinski definition) is 1. The minimum atomic E-state index is -0.961. The molecule has 0 fully saturated rings. The topological polar surface area (TPSA) is 53.1 Å². The summed E-state index contributed by atoms with van der Waals surface area (Å²) in [7, 11) is 0. The van der Waals surface area contributed by atoms with Gasteiger partial charge in [-0.15, -0.1) is 0 Å². The van der Waals surface area contributed by atoms with Gasteiger partial charge in [-0.05, 0) is 41.5 Å². The highest BCUT2D eigenvalue weighted by Gasteiger charge is 2.11. The van der Waals surface area contributed by atoms with E-state index >= 15 is 0 Å². The lowest BCUT2D eigenvalue weighted by Crippen LogP contribution is -1.93. The number of benzene rings is 2. The van der Waals surface area contributed by atoms with Crippen LogP contribution in [-0.4, -0.2) is 16.1 Å². The molecule has 1 heterocycles. The van der Waals surface area contributed by atoms with Crippen LogP contribution in [0.5, 0.6) is 0 Å². The number of rotatable bonds is 2. The minimum absolute atomic E-state index is 0.245. The molecule has 0 unspecified atom stereocenters. The summed E-state index contributed by atoms with van der Waals surface area (Å²) < 4.78 is 0. The molecule has 3 nitrogen and oxygen atoms in total. The Hall–Kier alpha value is -1.97. The van der Waals surface area contributed by atoms with E-state index in [1.807, 2.05) is 18.2 Å². The third-order valence-corrected chi connectivity index (χ3v) is 3.54. The molecule has 3 rings (SSSR count). The summed E-state index contributed by atoms with van der Waals surface area (Å²) in [5.74, 6) is -0.961. The highest BCUT2D eigenvalue weighted by molar-refractivity contribution is 6.35. The zero-order valence-corrected chi connectivity index (χ0v) is 11.7. The van der Waals surface area contributed by atoms with Gasteiger partial charge in [0.05, 0.1) is 5.56 Å². The molecule has 0 amide bonds. The standard InChI is InChI=1S/C15H9Cl2NO2/c16-10-3-9(4-11(17)6-10)8-1-2-14-12(5-8)13(7-18-14)15(19)20/h1-7,18H,(H,19,20). The number of nitrogens with one attached hydrogen (secondary N) is 1. The van der Waals surface area contributed by atoms with Crippen LogP contribution >= 0.6 is 23.2 Å². The van der Waals surface area contributed by atoms with Crippen LogP contribution in [0.4, 0.5) is 0 Å². The number of carboxylic acids is 1. The maximum absolute atomic E-state index is 11.2. The predicted octanol–water partition coefficient (Wildman–Crippen LogP) is 4.84. The Bertz CT molecular complexity index is 804. The van der Waals surface area contributed by atoms with E-state index in [0.29, 0.717) is 15.4 Å². The monoisotopic (exact) mass is 305 g/mol. The summed E-state index contributed by atoms with van der Waals surface area (Å²) in [6.07, 6.45) is 1.49. The molecular formula is C15H9Cl2NO2. The van der Waals surface area contributed by atoms with E-state index in [-0.39, 0.29) is 5.56 Å². The van der Waals surface area contributed by atoms with Gasteiger partial charge in [0.1, 0.15) is 0 Å². The number of aromatic nitrogens is 1. The van der Waals surface area contributed by atoms with Gasteiger partial charge >= 0.3 is 5.97 Å². The summed E-state index contributed by atoms with van der Waals surface area (Å²) in [6, 6.07) is 10.8. The minimum Gasteiger partial charge on any atom is -0.478 e. The average Bonchev–Trinajstić information content (AvgIpc) is 2.80. The maximum atomic E-state index is 11.2. The van der Waals surface area contributed by atoms with E-state index in [1.54, 1.807) is 18.2 Å². The zero-order chi connectivity index (χ0) is 14.3. The zero-order valence-electron chi connectivity index (χ0n) is 10.2. The first kappa shape index (κ1) is 13.0. The van der Waals surface area contributed by atoms with E-state index in [9.17, 15) is 4.79 Å². The summed E-state index contributed by atoms with van der Waals surface area (Å²) >= 11 is 12.0. The molecular weight excluding hydrogens is 297 g/mol. The lowest BCUT2D eigenvalue weighted by molar-refractivity contribution is 0.0699. The molecule has 0 aliphatic carbocycles. The van der Waals surface area contributed by atoms with Crippen LogP contribution in [0.2, 0.25) is 10.0 Å². The third-order valence-electron chi connectivity index (χ3n) is 3.11. The van der Waals surface area contributed by atoms with Crippen LogP contribution in [-0.2, 0) is 0 Å². The second kappa shape index (κ2) is 4.85. The fraction of sp³-hybridized carbons (Fsp3) is 0. The molecule has 0 atom stereocenters. The van der Waals surface area contributed by atoms with Crippen molar-refractivity contribution < 1.29 is 9.90 Å². The van der Waals surface area contributed by atoms with Crippen LogP contribution in [0.15, 0.2) is 42.6 Å². The van der Waals surface area contributed by atoms with Gasteiger partial charge in [0.2, 0.25) is 0 Å². The van der Waals surface area contributed by atoms with Crippen LogP contribution < -0.4 is 0 Å². The normalized spacial score (nSPS) is 10.9. The molecule has 0 aliphatic rings. The van der Waals surface area contributed by atoms with Crippen molar-refractivity contribution in [1.29, 1.82) is 0 Å². The highest BCUT2D eigenvalue weighted by atomic mass is 35.5. The Kier molecular flexibility index (Phi) is 3.16. The second-order valence-corrected chi connectivity index (χ2v) is 5.30. The van der Waals surface area contributed by atoms with Crippen LogP contribution in [0.1, 0.15) is 10.4 Å². The van der Waals surface area contributed by atoms with Crippen LogP contribution in [0.25, 0.3) is 22.0 Å². The fourth-order valence-electron chi connectivity index (χ4n) is 2.20. The Morgan fingerprint density at radius 2 is 1.70 bits per heavy atom. The number of carbonyl (C=O) groups is 1. The molecule has 2 N–H and O–H groups in total. The lowest BCUT2D eigenvalue weighted by atomic mass is 10.0. The number of aromatic amines is 1. The molecule has 100 valence electrons. The van der Waals surface area contributed by atoms with Crippen molar-refractivity contribution in [1.82, 2.24) is 4.98 Å². The first-order valence-electron chi connectivity index (χ1n) is 5.85. The van der Waals surface area contributed by atoms with Gasteiger partial charge in [0.15, 0.2) is 0 Å². The average molecular weight is 306 g/mol. The number of H-pyrrole nitrogens is 1. The molecule has 1 aromatic heterocycles. The van der Waals surface area contributed by atoms with Crippen molar-refractivity contribution in [3.63, 3.8) is 0 Å². The van der Waals surface area contributed by atoms with E-state index in [0.717, 1.165) is 16.6 Å². The highest BCUT2D eigenvalue weighted by Crippen LogP contribution is 2.30.